The molecule has 0 radical (unpaired) electrons. The predicted octanol–water partition coefficient (Wildman–Crippen LogP) is 3.15. The lowest BCUT2D eigenvalue weighted by molar-refractivity contribution is 0.356. The van der Waals surface area contributed by atoms with E-state index in [0.29, 0.717) is 17.7 Å². The number of fused-ring (bicyclic) bond motifs is 3. The van der Waals surface area contributed by atoms with Gasteiger partial charge in [-0.15, -0.1) is 0 Å². The van der Waals surface area contributed by atoms with Crippen molar-refractivity contribution >= 4 is 0 Å². The summed E-state index contributed by atoms with van der Waals surface area (Å²) < 4.78 is 15.5. The van der Waals surface area contributed by atoms with Crippen LogP contribution in [0.15, 0.2) is 0 Å². The number of hydrogen-bond donors (Lipinski definition) is 0. The Kier molecular flexibility index (Phi) is 1.77. The van der Waals surface area contributed by atoms with Gasteiger partial charge in [0.05, 0.1) is 5.69 Å². The van der Waals surface area contributed by atoms with Crippen LogP contribution < -0.4 is 0 Å². The number of hydrogen-bond acceptors (Lipinski definition) is 1. The highest BCUT2D eigenvalue weighted by Gasteiger charge is 2.49. The van der Waals surface area contributed by atoms with Gasteiger partial charge in [0.2, 0.25) is 0 Å². The van der Waals surface area contributed by atoms with Gasteiger partial charge in [0.25, 0.3) is 0 Å². The Labute approximate surface area is 89.5 Å². The molecule has 82 valence electrons. The summed E-state index contributed by atoms with van der Waals surface area (Å²) in [7, 11) is 0. The van der Waals surface area contributed by atoms with Crippen LogP contribution in [0, 0.1) is 5.92 Å². The van der Waals surface area contributed by atoms with Gasteiger partial charge in [-0.1, -0.05) is 0 Å². The summed E-state index contributed by atoms with van der Waals surface area (Å²) in [5, 5.41) is 4.45. The van der Waals surface area contributed by atoms with Crippen molar-refractivity contribution in [3.8, 4) is 0 Å². The average molecular weight is 208 g/mol. The highest BCUT2D eigenvalue weighted by molar-refractivity contribution is 5.41. The minimum atomic E-state index is -0.920. The highest BCUT2D eigenvalue weighted by Crippen LogP contribution is 2.57. The van der Waals surface area contributed by atoms with Crippen LogP contribution in [0.25, 0.3) is 0 Å². The molecule has 3 rings (SSSR count). The number of nitrogens with zero attached hydrogens (tertiary/aromatic N) is 2. The SMILES string of the molecule is CC(F)c1nn(C(C)C)c2c1CC1CC21. The molecule has 3 heteroatoms. The Morgan fingerprint density at radius 2 is 2.13 bits per heavy atom. The third-order valence-corrected chi connectivity index (χ3v) is 3.69. The van der Waals surface area contributed by atoms with Gasteiger partial charge in [-0.25, -0.2) is 4.39 Å². The summed E-state index contributed by atoms with van der Waals surface area (Å²) in [6.45, 7) is 5.84. The van der Waals surface area contributed by atoms with Crippen LogP contribution in [0.1, 0.15) is 62.3 Å². The van der Waals surface area contributed by atoms with E-state index in [0.717, 1.165) is 12.3 Å². The molecule has 1 aromatic rings. The largest absolute Gasteiger partial charge is 0.266 e. The second kappa shape index (κ2) is 2.83. The topological polar surface area (TPSA) is 17.8 Å². The van der Waals surface area contributed by atoms with Crippen LogP contribution in [0.4, 0.5) is 4.39 Å². The molecule has 1 saturated carbocycles. The quantitative estimate of drug-likeness (QED) is 0.730. The van der Waals surface area contributed by atoms with Crippen LogP contribution in [-0.4, -0.2) is 9.78 Å². The molecule has 0 spiro atoms. The van der Waals surface area contributed by atoms with Crippen LogP contribution >= 0.6 is 0 Å². The second-order valence-corrected chi connectivity index (χ2v) is 5.21. The zero-order chi connectivity index (χ0) is 10.7. The molecule has 1 aromatic heterocycles. The van der Waals surface area contributed by atoms with Crippen molar-refractivity contribution in [1.82, 2.24) is 9.78 Å². The molecule has 0 amide bonds. The summed E-state index contributed by atoms with van der Waals surface area (Å²) >= 11 is 0. The van der Waals surface area contributed by atoms with Gasteiger partial charge in [0, 0.05) is 23.2 Å². The van der Waals surface area contributed by atoms with E-state index >= 15 is 0 Å². The minimum absolute atomic E-state index is 0.352. The van der Waals surface area contributed by atoms with Crippen molar-refractivity contribution in [2.75, 3.05) is 0 Å². The smallest absolute Gasteiger partial charge is 0.141 e. The molecule has 2 aliphatic rings. The first-order valence-electron chi connectivity index (χ1n) is 5.84. The summed E-state index contributed by atoms with van der Waals surface area (Å²) in [4.78, 5) is 0. The molecule has 1 heterocycles. The Morgan fingerprint density at radius 3 is 2.73 bits per heavy atom. The fraction of sp³-hybridized carbons (Fsp3) is 0.750. The molecule has 0 bridgehead atoms. The zero-order valence-corrected chi connectivity index (χ0v) is 9.50. The first kappa shape index (κ1) is 9.37. The van der Waals surface area contributed by atoms with Gasteiger partial charge in [0.1, 0.15) is 6.17 Å². The van der Waals surface area contributed by atoms with Crippen molar-refractivity contribution < 1.29 is 4.39 Å². The van der Waals surface area contributed by atoms with Gasteiger partial charge in [0.15, 0.2) is 0 Å². The third-order valence-electron chi connectivity index (χ3n) is 3.69. The molecule has 2 nitrogen and oxygen atoms in total. The molecular weight excluding hydrogens is 191 g/mol. The molecule has 0 saturated heterocycles. The maximum Gasteiger partial charge on any atom is 0.141 e. The zero-order valence-electron chi connectivity index (χ0n) is 9.50. The molecule has 2 aliphatic carbocycles. The van der Waals surface area contributed by atoms with Gasteiger partial charge >= 0.3 is 0 Å². The lowest BCUT2D eigenvalue weighted by atomic mass is 10.1. The first-order valence-corrected chi connectivity index (χ1v) is 5.84. The number of alkyl halides is 1. The molecule has 15 heavy (non-hydrogen) atoms. The predicted molar refractivity (Wildman–Crippen MR) is 56.7 cm³/mol. The molecule has 3 unspecified atom stereocenters. The van der Waals surface area contributed by atoms with Crippen molar-refractivity contribution in [3.63, 3.8) is 0 Å². The van der Waals surface area contributed by atoms with Crippen molar-refractivity contribution in [1.29, 1.82) is 0 Å². The Hall–Kier alpha value is -0.860. The van der Waals surface area contributed by atoms with Crippen LogP contribution in [-0.2, 0) is 6.42 Å². The average Bonchev–Trinajstić information content (AvgIpc) is 2.67. The van der Waals surface area contributed by atoms with Gasteiger partial charge in [-0.05, 0) is 39.5 Å². The van der Waals surface area contributed by atoms with Crippen LogP contribution in [0.3, 0.4) is 0 Å². The lowest BCUT2D eigenvalue weighted by Crippen LogP contribution is -2.07. The van der Waals surface area contributed by atoms with Gasteiger partial charge in [-0.3, -0.25) is 4.68 Å². The number of rotatable bonds is 2. The monoisotopic (exact) mass is 208 g/mol. The molecule has 3 atom stereocenters. The van der Waals surface area contributed by atoms with E-state index in [2.05, 4.69) is 23.6 Å². The van der Waals surface area contributed by atoms with Crippen molar-refractivity contribution in [3.05, 3.63) is 17.0 Å². The summed E-state index contributed by atoms with van der Waals surface area (Å²) in [5.74, 6) is 1.50. The standard InChI is InChI=1S/C12H17FN2/c1-6(2)15-12-9-4-8(9)5-10(12)11(14-15)7(3)13/h6-9H,4-5H2,1-3H3. The Morgan fingerprint density at radius 1 is 1.40 bits per heavy atom. The van der Waals surface area contributed by atoms with E-state index in [1.54, 1.807) is 6.92 Å². The molecule has 0 aliphatic heterocycles. The first-order chi connectivity index (χ1) is 7.09. The fourth-order valence-corrected chi connectivity index (χ4v) is 2.89. The van der Waals surface area contributed by atoms with Gasteiger partial charge < -0.3 is 0 Å². The lowest BCUT2D eigenvalue weighted by Gasteiger charge is -2.09. The van der Waals surface area contributed by atoms with Crippen molar-refractivity contribution in [2.24, 2.45) is 5.92 Å². The van der Waals surface area contributed by atoms with E-state index in [9.17, 15) is 4.39 Å². The van der Waals surface area contributed by atoms with E-state index in [1.807, 2.05) is 0 Å². The van der Waals surface area contributed by atoms with E-state index in [-0.39, 0.29) is 0 Å². The van der Waals surface area contributed by atoms with Crippen LogP contribution in [0.2, 0.25) is 0 Å². The van der Waals surface area contributed by atoms with Gasteiger partial charge in [-0.2, -0.15) is 5.10 Å². The maximum absolute atomic E-state index is 13.4. The van der Waals surface area contributed by atoms with Crippen molar-refractivity contribution in [2.45, 2.75) is 51.7 Å². The molecule has 0 aromatic carbocycles. The van der Waals surface area contributed by atoms with E-state index < -0.39 is 6.17 Å². The van der Waals surface area contributed by atoms with Crippen LogP contribution in [0.5, 0.6) is 0 Å². The van der Waals surface area contributed by atoms with E-state index in [1.165, 1.54) is 17.7 Å². The number of aromatic nitrogens is 2. The second-order valence-electron chi connectivity index (χ2n) is 5.21. The third kappa shape index (κ3) is 1.18. The maximum atomic E-state index is 13.4. The Bertz CT molecular complexity index is 406. The van der Waals surface area contributed by atoms with E-state index in [4.69, 9.17) is 0 Å². The molecule has 0 N–H and O–H groups in total. The fourth-order valence-electron chi connectivity index (χ4n) is 2.89. The summed E-state index contributed by atoms with van der Waals surface area (Å²) in [6.07, 6.45) is 1.44. The summed E-state index contributed by atoms with van der Waals surface area (Å²) in [5.41, 5.74) is 3.26. The number of halogens is 1. The minimum Gasteiger partial charge on any atom is -0.266 e. The highest BCUT2D eigenvalue weighted by atomic mass is 19.1. The molecular formula is C12H17FN2. The summed E-state index contributed by atoms with van der Waals surface area (Å²) in [6, 6.07) is 0.352. The Balaban J connectivity index is 2.13. The normalized spacial score (nSPS) is 29.1. The molecule has 1 fully saturated rings.